The molecule has 25 heavy (non-hydrogen) atoms. The van der Waals surface area contributed by atoms with E-state index in [1.54, 1.807) is 11.1 Å². The molecule has 1 N–H and O–H groups in total. The molecule has 0 saturated carbocycles. The number of thiophene rings is 1. The number of amides is 2. The maximum absolute atomic E-state index is 12.6. The zero-order valence-corrected chi connectivity index (χ0v) is 15.4. The number of carbonyl (C=O) groups is 1. The van der Waals surface area contributed by atoms with Crippen LogP contribution in [0, 0.1) is 0 Å². The van der Waals surface area contributed by atoms with E-state index >= 15 is 0 Å². The van der Waals surface area contributed by atoms with Crippen LogP contribution in [0.25, 0.3) is 0 Å². The lowest BCUT2D eigenvalue weighted by atomic mass is 10.2. The van der Waals surface area contributed by atoms with Crippen molar-refractivity contribution in [3.05, 3.63) is 28.7 Å². The van der Waals surface area contributed by atoms with E-state index in [4.69, 9.17) is 0 Å². The molecular weight excluding hydrogens is 362 g/mol. The highest BCUT2D eigenvalue weighted by Gasteiger charge is 2.35. The number of sulfonamides is 1. The van der Waals surface area contributed by atoms with Gasteiger partial charge in [-0.3, -0.25) is 8.99 Å². The molecule has 1 saturated heterocycles. The first-order chi connectivity index (χ1) is 12.0. The van der Waals surface area contributed by atoms with Crippen molar-refractivity contribution in [3.8, 4) is 0 Å². The van der Waals surface area contributed by atoms with Crippen molar-refractivity contribution in [3.63, 3.8) is 0 Å². The van der Waals surface area contributed by atoms with Crippen LogP contribution in [-0.2, 0) is 23.1 Å². The van der Waals surface area contributed by atoms with E-state index in [0.29, 0.717) is 31.7 Å². The van der Waals surface area contributed by atoms with Gasteiger partial charge in [0.2, 0.25) is 10.0 Å². The smallest absolute Gasteiger partial charge is 0.314 e. The predicted octanol–water partition coefficient (Wildman–Crippen LogP) is 1.92. The van der Waals surface area contributed by atoms with Crippen LogP contribution in [0.4, 0.5) is 16.2 Å². The minimum Gasteiger partial charge on any atom is -0.314 e. The standard InChI is InChI=1S/C15H19N5O3S2/c1-11-8-19-14(9-18(11)15(21)17-12-3-5-24-10-12)13(7-16-19)20-4-2-6-25(20,22)23/h3,5,7,10-11H,2,4,6,8-9H2,1H3,(H,17,21)/t11-/m0/s1. The number of hydrogen-bond donors (Lipinski definition) is 1. The van der Waals surface area contributed by atoms with Crippen LogP contribution >= 0.6 is 11.3 Å². The number of fused-ring (bicyclic) bond motifs is 1. The van der Waals surface area contributed by atoms with E-state index < -0.39 is 10.0 Å². The topological polar surface area (TPSA) is 87.5 Å². The Kier molecular flexibility index (Phi) is 3.95. The van der Waals surface area contributed by atoms with Gasteiger partial charge in [-0.2, -0.15) is 16.4 Å². The fraction of sp³-hybridized carbons (Fsp3) is 0.467. The highest BCUT2D eigenvalue weighted by molar-refractivity contribution is 7.93. The first kappa shape index (κ1) is 16.4. The average Bonchev–Trinajstić information content (AvgIpc) is 3.26. The predicted molar refractivity (Wildman–Crippen MR) is 96.3 cm³/mol. The van der Waals surface area contributed by atoms with Crippen LogP contribution in [0.3, 0.4) is 0 Å². The first-order valence-corrected chi connectivity index (χ1v) is 10.7. The van der Waals surface area contributed by atoms with Crippen LogP contribution in [-0.4, -0.2) is 47.5 Å². The molecule has 2 aliphatic rings. The fourth-order valence-corrected chi connectivity index (χ4v) is 5.47. The Morgan fingerprint density at radius 2 is 2.28 bits per heavy atom. The van der Waals surface area contributed by atoms with Gasteiger partial charge in [0.15, 0.2) is 0 Å². The summed E-state index contributed by atoms with van der Waals surface area (Å²) < 4.78 is 27.7. The van der Waals surface area contributed by atoms with E-state index in [0.717, 1.165) is 11.4 Å². The molecule has 1 fully saturated rings. The lowest BCUT2D eigenvalue weighted by molar-refractivity contribution is 0.162. The number of nitrogens with zero attached hydrogens (tertiary/aromatic N) is 4. The van der Waals surface area contributed by atoms with Crippen molar-refractivity contribution >= 4 is 38.8 Å². The van der Waals surface area contributed by atoms with E-state index in [2.05, 4.69) is 10.4 Å². The van der Waals surface area contributed by atoms with Crippen LogP contribution in [0.1, 0.15) is 19.0 Å². The molecule has 2 aromatic rings. The number of rotatable bonds is 2. The number of aromatic nitrogens is 2. The lowest BCUT2D eigenvalue weighted by Gasteiger charge is -2.34. The Balaban J connectivity index is 1.60. The summed E-state index contributed by atoms with van der Waals surface area (Å²) in [6, 6.07) is 1.63. The minimum atomic E-state index is -3.27. The van der Waals surface area contributed by atoms with Crippen LogP contribution < -0.4 is 9.62 Å². The average molecular weight is 381 g/mol. The fourth-order valence-electron chi connectivity index (χ4n) is 3.31. The summed E-state index contributed by atoms with van der Waals surface area (Å²) in [7, 11) is -3.27. The molecule has 2 amide bonds. The summed E-state index contributed by atoms with van der Waals surface area (Å²) in [6.45, 7) is 3.31. The van der Waals surface area contributed by atoms with Crippen LogP contribution in [0.5, 0.6) is 0 Å². The third kappa shape index (κ3) is 2.89. The van der Waals surface area contributed by atoms with Gasteiger partial charge in [0, 0.05) is 11.9 Å². The third-order valence-corrected chi connectivity index (χ3v) is 7.16. The van der Waals surface area contributed by atoms with E-state index in [1.807, 2.05) is 28.4 Å². The molecule has 8 nitrogen and oxygen atoms in total. The molecule has 134 valence electrons. The molecule has 0 aromatic carbocycles. The number of urea groups is 1. The number of carbonyl (C=O) groups excluding carboxylic acids is 1. The second-order valence-corrected chi connectivity index (χ2v) is 9.11. The second-order valence-electron chi connectivity index (χ2n) is 6.32. The van der Waals surface area contributed by atoms with Gasteiger partial charge >= 0.3 is 6.03 Å². The van der Waals surface area contributed by atoms with Crippen molar-refractivity contribution < 1.29 is 13.2 Å². The van der Waals surface area contributed by atoms with Crippen molar-refractivity contribution in [1.82, 2.24) is 14.7 Å². The molecule has 1 atom stereocenters. The van der Waals surface area contributed by atoms with Gasteiger partial charge in [0.05, 0.1) is 48.1 Å². The summed E-state index contributed by atoms with van der Waals surface area (Å²) in [5.41, 5.74) is 2.13. The van der Waals surface area contributed by atoms with Gasteiger partial charge in [-0.05, 0) is 24.8 Å². The second kappa shape index (κ2) is 6.03. The molecule has 0 radical (unpaired) electrons. The van der Waals surface area contributed by atoms with E-state index in [1.165, 1.54) is 15.6 Å². The molecule has 10 heteroatoms. The van der Waals surface area contributed by atoms with Gasteiger partial charge in [0.1, 0.15) is 0 Å². The maximum Gasteiger partial charge on any atom is 0.322 e. The Morgan fingerprint density at radius 1 is 1.44 bits per heavy atom. The number of anilines is 2. The third-order valence-electron chi connectivity index (χ3n) is 4.62. The zero-order chi connectivity index (χ0) is 17.6. The van der Waals surface area contributed by atoms with Gasteiger partial charge in [-0.15, -0.1) is 0 Å². The SMILES string of the molecule is C[C@H]1Cn2ncc(N3CCCS3(=O)=O)c2CN1C(=O)Nc1ccsc1. The first-order valence-electron chi connectivity index (χ1n) is 8.10. The van der Waals surface area contributed by atoms with Crippen LogP contribution in [0.2, 0.25) is 0 Å². The van der Waals surface area contributed by atoms with E-state index in [9.17, 15) is 13.2 Å². The summed E-state index contributed by atoms with van der Waals surface area (Å²) in [6.07, 6.45) is 2.22. The molecule has 4 heterocycles. The Labute approximate surface area is 150 Å². The summed E-state index contributed by atoms with van der Waals surface area (Å²) in [4.78, 5) is 14.3. The molecular formula is C15H19N5O3S2. The number of nitrogens with one attached hydrogen (secondary N) is 1. The largest absolute Gasteiger partial charge is 0.322 e. The van der Waals surface area contributed by atoms with Crippen molar-refractivity contribution in [1.29, 1.82) is 0 Å². The Hall–Kier alpha value is -2.07. The number of hydrogen-bond acceptors (Lipinski definition) is 5. The highest BCUT2D eigenvalue weighted by atomic mass is 32.2. The molecule has 2 aromatic heterocycles. The normalized spacial score (nSPS) is 22.0. The van der Waals surface area contributed by atoms with E-state index in [-0.39, 0.29) is 17.8 Å². The van der Waals surface area contributed by atoms with Crippen LogP contribution in [0.15, 0.2) is 23.0 Å². The maximum atomic E-state index is 12.6. The minimum absolute atomic E-state index is 0.0333. The van der Waals surface area contributed by atoms with Gasteiger partial charge in [-0.25, -0.2) is 13.2 Å². The van der Waals surface area contributed by atoms with Crippen molar-refractivity contribution in [2.75, 3.05) is 21.9 Å². The highest BCUT2D eigenvalue weighted by Crippen LogP contribution is 2.31. The van der Waals surface area contributed by atoms with Crippen molar-refractivity contribution in [2.24, 2.45) is 0 Å². The van der Waals surface area contributed by atoms with Crippen molar-refractivity contribution in [2.45, 2.75) is 32.5 Å². The Morgan fingerprint density at radius 3 is 2.96 bits per heavy atom. The molecule has 0 unspecified atom stereocenters. The van der Waals surface area contributed by atoms with Gasteiger partial charge < -0.3 is 10.2 Å². The Bertz CT molecular complexity index is 890. The monoisotopic (exact) mass is 381 g/mol. The molecule has 4 rings (SSSR count). The zero-order valence-electron chi connectivity index (χ0n) is 13.8. The summed E-state index contributed by atoms with van der Waals surface area (Å²) in [5.74, 6) is 0.163. The van der Waals surface area contributed by atoms with Gasteiger partial charge in [-0.1, -0.05) is 0 Å². The summed E-state index contributed by atoms with van der Waals surface area (Å²) in [5, 5.41) is 11.0. The summed E-state index contributed by atoms with van der Waals surface area (Å²) >= 11 is 1.52. The lowest BCUT2D eigenvalue weighted by Crippen LogP contribution is -2.47. The molecule has 0 spiro atoms. The quantitative estimate of drug-likeness (QED) is 0.861. The van der Waals surface area contributed by atoms with Gasteiger partial charge in [0.25, 0.3) is 0 Å². The molecule has 0 bridgehead atoms. The molecule has 2 aliphatic heterocycles. The molecule has 0 aliphatic carbocycles.